The number of halogens is 1. The lowest BCUT2D eigenvalue weighted by Gasteiger charge is -2.11. The molecule has 0 saturated carbocycles. The molecule has 3 aromatic rings. The smallest absolute Gasteiger partial charge is 0.257 e. The van der Waals surface area contributed by atoms with Gasteiger partial charge in [-0.25, -0.2) is 9.37 Å². The van der Waals surface area contributed by atoms with E-state index in [0.29, 0.717) is 40.7 Å². The van der Waals surface area contributed by atoms with Gasteiger partial charge in [-0.1, -0.05) is 6.07 Å². The summed E-state index contributed by atoms with van der Waals surface area (Å²) in [6.07, 6.45) is 1.10. The number of aromatic nitrogens is 1. The fourth-order valence-corrected chi connectivity index (χ4v) is 3.92. The van der Waals surface area contributed by atoms with Crippen LogP contribution >= 0.6 is 11.3 Å². The Morgan fingerprint density at radius 3 is 2.84 bits per heavy atom. The van der Waals surface area contributed by atoms with Crippen LogP contribution in [0.1, 0.15) is 23.2 Å². The lowest BCUT2D eigenvalue weighted by atomic mass is 10.1. The Kier molecular flexibility index (Phi) is 6.24. The lowest BCUT2D eigenvalue weighted by Crippen LogP contribution is -2.27. The number of carbonyl (C=O) groups is 2. The number of anilines is 2. The standard InChI is InChI=1S/C22H20FN3O4S/c1-29-18-8-7-13(11-16(18)23)17-12-31-22(25-17)26-20(27)14-4-2-5-15(10-14)24-21(28)19-6-3-9-30-19/h2,4-5,7-8,10-12,19H,3,6,9H2,1H3,(H,24,28)(H,25,26,27)/t19-/m1/s1. The zero-order valence-corrected chi connectivity index (χ0v) is 17.5. The highest BCUT2D eigenvalue weighted by Crippen LogP contribution is 2.28. The van der Waals surface area contributed by atoms with Crippen LogP contribution in [0.2, 0.25) is 0 Å². The first kappa shape index (κ1) is 21.0. The van der Waals surface area contributed by atoms with Gasteiger partial charge in [-0.2, -0.15) is 0 Å². The van der Waals surface area contributed by atoms with Gasteiger partial charge in [-0.05, 0) is 49.2 Å². The van der Waals surface area contributed by atoms with E-state index in [1.54, 1.807) is 35.7 Å². The number of amides is 2. The van der Waals surface area contributed by atoms with Crippen LogP contribution in [0.25, 0.3) is 11.3 Å². The van der Waals surface area contributed by atoms with Crippen LogP contribution in [-0.2, 0) is 9.53 Å². The number of hydrogen-bond acceptors (Lipinski definition) is 6. The van der Waals surface area contributed by atoms with Crippen molar-refractivity contribution < 1.29 is 23.5 Å². The highest BCUT2D eigenvalue weighted by atomic mass is 32.1. The fourth-order valence-electron chi connectivity index (χ4n) is 3.20. The Morgan fingerprint density at radius 1 is 1.23 bits per heavy atom. The van der Waals surface area contributed by atoms with Crippen LogP contribution in [0.4, 0.5) is 15.2 Å². The second-order valence-electron chi connectivity index (χ2n) is 6.91. The highest BCUT2D eigenvalue weighted by molar-refractivity contribution is 7.14. The van der Waals surface area contributed by atoms with Crippen molar-refractivity contribution in [2.45, 2.75) is 18.9 Å². The maximum atomic E-state index is 13.9. The number of nitrogens with one attached hydrogen (secondary N) is 2. The molecule has 31 heavy (non-hydrogen) atoms. The number of methoxy groups -OCH3 is 1. The Labute approximate surface area is 182 Å². The number of thiazole rings is 1. The summed E-state index contributed by atoms with van der Waals surface area (Å²) in [6, 6.07) is 11.2. The number of rotatable bonds is 6. The van der Waals surface area contributed by atoms with Crippen molar-refractivity contribution in [3.05, 3.63) is 59.2 Å². The average Bonchev–Trinajstić information content (AvgIpc) is 3.46. The first-order valence-corrected chi connectivity index (χ1v) is 10.5. The monoisotopic (exact) mass is 441 g/mol. The maximum absolute atomic E-state index is 13.9. The van der Waals surface area contributed by atoms with Crippen LogP contribution in [0.15, 0.2) is 47.8 Å². The quantitative estimate of drug-likeness (QED) is 0.594. The Balaban J connectivity index is 1.43. The van der Waals surface area contributed by atoms with Gasteiger partial charge in [0.2, 0.25) is 0 Å². The van der Waals surface area contributed by atoms with E-state index in [1.165, 1.54) is 30.6 Å². The van der Waals surface area contributed by atoms with Crippen molar-refractivity contribution in [2.24, 2.45) is 0 Å². The molecule has 0 unspecified atom stereocenters. The minimum atomic E-state index is -0.486. The number of nitrogens with zero attached hydrogens (tertiary/aromatic N) is 1. The Bertz CT molecular complexity index is 1110. The van der Waals surface area contributed by atoms with Gasteiger partial charge in [0.1, 0.15) is 6.10 Å². The third-order valence-corrected chi connectivity index (χ3v) is 5.54. The maximum Gasteiger partial charge on any atom is 0.257 e. The molecule has 2 amide bonds. The van der Waals surface area contributed by atoms with Crippen molar-refractivity contribution in [1.82, 2.24) is 4.98 Å². The number of hydrogen-bond donors (Lipinski definition) is 2. The molecule has 0 bridgehead atoms. The highest BCUT2D eigenvalue weighted by Gasteiger charge is 2.23. The SMILES string of the molecule is COc1ccc(-c2csc(NC(=O)c3cccc(NC(=O)[C@H]4CCCO4)c3)n2)cc1F. The molecule has 1 aliphatic rings. The zero-order chi connectivity index (χ0) is 21.8. The van der Waals surface area contributed by atoms with Gasteiger partial charge in [0, 0.05) is 28.8 Å². The summed E-state index contributed by atoms with van der Waals surface area (Å²) in [4.78, 5) is 29.2. The third-order valence-electron chi connectivity index (χ3n) is 4.79. The molecule has 4 rings (SSSR count). The largest absolute Gasteiger partial charge is 0.494 e. The summed E-state index contributed by atoms with van der Waals surface area (Å²) in [7, 11) is 1.40. The third kappa shape index (κ3) is 4.89. The number of ether oxygens (including phenoxy) is 2. The van der Waals surface area contributed by atoms with E-state index >= 15 is 0 Å². The van der Waals surface area contributed by atoms with E-state index in [9.17, 15) is 14.0 Å². The summed E-state index contributed by atoms with van der Waals surface area (Å²) < 4.78 is 24.2. The van der Waals surface area contributed by atoms with Crippen molar-refractivity contribution in [3.8, 4) is 17.0 Å². The number of benzene rings is 2. The van der Waals surface area contributed by atoms with Crippen LogP contribution in [0.3, 0.4) is 0 Å². The summed E-state index contributed by atoms with van der Waals surface area (Å²) in [6.45, 7) is 0.583. The summed E-state index contributed by atoms with van der Waals surface area (Å²) in [5.41, 5.74) is 2.01. The molecule has 1 aromatic heterocycles. The molecule has 1 atom stereocenters. The van der Waals surface area contributed by atoms with E-state index < -0.39 is 11.9 Å². The van der Waals surface area contributed by atoms with Gasteiger partial charge in [-0.15, -0.1) is 11.3 Å². The predicted molar refractivity (Wildman–Crippen MR) is 116 cm³/mol. The molecule has 9 heteroatoms. The molecular formula is C22H20FN3O4S. The van der Waals surface area contributed by atoms with E-state index in [-0.39, 0.29) is 17.6 Å². The average molecular weight is 441 g/mol. The second kappa shape index (κ2) is 9.23. The molecule has 1 aliphatic heterocycles. The molecule has 0 spiro atoms. The predicted octanol–water partition coefficient (Wildman–Crippen LogP) is 4.33. The molecule has 1 fully saturated rings. The Morgan fingerprint density at radius 2 is 2.10 bits per heavy atom. The summed E-state index contributed by atoms with van der Waals surface area (Å²) in [5, 5.41) is 7.63. The fraction of sp³-hybridized carbons (Fsp3) is 0.227. The molecule has 2 N–H and O–H groups in total. The summed E-state index contributed by atoms with van der Waals surface area (Å²) in [5.74, 6) is -0.916. The minimum absolute atomic E-state index is 0.152. The minimum Gasteiger partial charge on any atom is -0.494 e. The normalized spacial score (nSPS) is 15.5. The molecule has 2 heterocycles. The van der Waals surface area contributed by atoms with Crippen molar-refractivity contribution in [3.63, 3.8) is 0 Å². The van der Waals surface area contributed by atoms with Crippen LogP contribution in [0, 0.1) is 5.82 Å². The van der Waals surface area contributed by atoms with E-state index in [1.807, 2.05) is 0 Å². The van der Waals surface area contributed by atoms with Crippen LogP contribution < -0.4 is 15.4 Å². The molecule has 0 radical (unpaired) electrons. The van der Waals surface area contributed by atoms with Gasteiger partial charge < -0.3 is 14.8 Å². The van der Waals surface area contributed by atoms with Crippen molar-refractivity contribution in [1.29, 1.82) is 0 Å². The molecule has 2 aromatic carbocycles. The number of carbonyl (C=O) groups excluding carboxylic acids is 2. The van der Waals surface area contributed by atoms with Crippen LogP contribution in [0.5, 0.6) is 5.75 Å². The van der Waals surface area contributed by atoms with Gasteiger partial charge >= 0.3 is 0 Å². The van der Waals surface area contributed by atoms with Crippen LogP contribution in [-0.4, -0.2) is 36.6 Å². The first-order chi connectivity index (χ1) is 15.0. The topological polar surface area (TPSA) is 89.6 Å². The van der Waals surface area contributed by atoms with Crippen molar-refractivity contribution in [2.75, 3.05) is 24.4 Å². The van der Waals surface area contributed by atoms with E-state index in [2.05, 4.69) is 15.6 Å². The van der Waals surface area contributed by atoms with Gasteiger partial charge in [-0.3, -0.25) is 14.9 Å². The second-order valence-corrected chi connectivity index (χ2v) is 7.77. The van der Waals surface area contributed by atoms with E-state index in [0.717, 1.165) is 6.42 Å². The lowest BCUT2D eigenvalue weighted by molar-refractivity contribution is -0.124. The van der Waals surface area contributed by atoms with Gasteiger partial charge in [0.15, 0.2) is 16.7 Å². The molecule has 160 valence electrons. The zero-order valence-electron chi connectivity index (χ0n) is 16.7. The van der Waals surface area contributed by atoms with Crippen molar-refractivity contribution >= 4 is 34.0 Å². The molecular weight excluding hydrogens is 421 g/mol. The molecule has 0 aliphatic carbocycles. The first-order valence-electron chi connectivity index (χ1n) is 9.67. The van der Waals surface area contributed by atoms with Gasteiger partial charge in [0.05, 0.1) is 12.8 Å². The van der Waals surface area contributed by atoms with E-state index in [4.69, 9.17) is 9.47 Å². The summed E-state index contributed by atoms with van der Waals surface area (Å²) >= 11 is 1.23. The van der Waals surface area contributed by atoms with Gasteiger partial charge in [0.25, 0.3) is 11.8 Å². The Hall–Kier alpha value is -3.30. The molecule has 1 saturated heterocycles. The molecule has 7 nitrogen and oxygen atoms in total.